The second kappa shape index (κ2) is 5.97. The van der Waals surface area contributed by atoms with Crippen molar-refractivity contribution in [1.29, 1.82) is 0 Å². The van der Waals surface area contributed by atoms with Gasteiger partial charge in [-0.3, -0.25) is 4.57 Å². The highest BCUT2D eigenvalue weighted by molar-refractivity contribution is 7.99. The zero-order valence-corrected chi connectivity index (χ0v) is 12.6. The third kappa shape index (κ3) is 3.04. The number of aromatic nitrogens is 5. The molecule has 1 fully saturated rings. The Morgan fingerprint density at radius 3 is 2.95 bits per heavy atom. The molecule has 1 aliphatic rings. The molecule has 0 saturated heterocycles. The Labute approximate surface area is 126 Å². The lowest BCUT2D eigenvalue weighted by atomic mass is 10.2. The summed E-state index contributed by atoms with van der Waals surface area (Å²) in [6.07, 6.45) is 10.7. The SMILES string of the molecule is CSC1CCC(Nc2nc(Cl)nc(-n3ccnc3)n2)C1. The van der Waals surface area contributed by atoms with Gasteiger partial charge in [0, 0.05) is 23.7 Å². The minimum atomic E-state index is 0.186. The third-order valence-electron chi connectivity index (χ3n) is 3.38. The standard InChI is InChI=1S/C12H15ClN6S/c1-20-9-3-2-8(6-9)15-11-16-10(13)17-12(18-11)19-5-4-14-7-19/h4-5,7-9H,2-3,6H2,1H3,(H,15,16,17,18). The van der Waals surface area contributed by atoms with Crippen molar-refractivity contribution in [3.05, 3.63) is 24.0 Å². The highest BCUT2D eigenvalue weighted by Gasteiger charge is 2.24. The van der Waals surface area contributed by atoms with Gasteiger partial charge in [-0.05, 0) is 37.1 Å². The summed E-state index contributed by atoms with van der Waals surface area (Å²) in [5.74, 6) is 1.00. The van der Waals surface area contributed by atoms with E-state index in [0.717, 1.165) is 18.1 Å². The Morgan fingerprint density at radius 1 is 1.35 bits per heavy atom. The Hall–Kier alpha value is -1.34. The van der Waals surface area contributed by atoms with Crippen LogP contribution in [0, 0.1) is 0 Å². The van der Waals surface area contributed by atoms with Crippen molar-refractivity contribution in [2.45, 2.75) is 30.6 Å². The van der Waals surface area contributed by atoms with E-state index < -0.39 is 0 Å². The monoisotopic (exact) mass is 310 g/mol. The van der Waals surface area contributed by atoms with Gasteiger partial charge in [-0.1, -0.05) is 0 Å². The molecule has 2 aromatic heterocycles. The summed E-state index contributed by atoms with van der Waals surface area (Å²) in [6, 6.07) is 0.404. The molecule has 0 aromatic carbocycles. The van der Waals surface area contributed by atoms with Crippen LogP contribution in [0.15, 0.2) is 18.7 Å². The highest BCUT2D eigenvalue weighted by Crippen LogP contribution is 2.29. The maximum atomic E-state index is 5.97. The van der Waals surface area contributed by atoms with Gasteiger partial charge in [0.2, 0.25) is 17.2 Å². The van der Waals surface area contributed by atoms with Gasteiger partial charge in [0.25, 0.3) is 0 Å². The van der Waals surface area contributed by atoms with E-state index in [0.29, 0.717) is 17.9 Å². The number of rotatable bonds is 4. The van der Waals surface area contributed by atoms with Gasteiger partial charge in [-0.15, -0.1) is 0 Å². The van der Waals surface area contributed by atoms with E-state index in [1.54, 1.807) is 23.3 Å². The minimum absolute atomic E-state index is 0.186. The molecule has 0 spiro atoms. The maximum absolute atomic E-state index is 5.97. The molecule has 20 heavy (non-hydrogen) atoms. The van der Waals surface area contributed by atoms with E-state index >= 15 is 0 Å². The molecule has 2 heterocycles. The predicted octanol–water partition coefficient (Wildman–Crippen LogP) is 2.41. The molecule has 0 amide bonds. The van der Waals surface area contributed by atoms with Crippen LogP contribution in [0.2, 0.25) is 5.28 Å². The number of anilines is 1. The van der Waals surface area contributed by atoms with Crippen molar-refractivity contribution in [3.63, 3.8) is 0 Å². The van der Waals surface area contributed by atoms with Crippen LogP contribution in [0.4, 0.5) is 5.95 Å². The van der Waals surface area contributed by atoms with Crippen LogP contribution in [0.1, 0.15) is 19.3 Å². The molecule has 0 radical (unpaired) electrons. The van der Waals surface area contributed by atoms with Crippen LogP contribution >= 0.6 is 23.4 Å². The summed E-state index contributed by atoms with van der Waals surface area (Å²) in [5, 5.41) is 4.26. The smallest absolute Gasteiger partial charge is 0.241 e. The van der Waals surface area contributed by atoms with Crippen molar-refractivity contribution in [3.8, 4) is 5.95 Å². The zero-order chi connectivity index (χ0) is 13.9. The van der Waals surface area contributed by atoms with Crippen LogP contribution in [-0.2, 0) is 0 Å². The fraction of sp³-hybridized carbons (Fsp3) is 0.500. The van der Waals surface area contributed by atoms with Gasteiger partial charge in [-0.2, -0.15) is 26.7 Å². The summed E-state index contributed by atoms with van der Waals surface area (Å²) in [5.41, 5.74) is 0. The highest BCUT2D eigenvalue weighted by atomic mass is 35.5. The first-order chi connectivity index (χ1) is 9.74. The quantitative estimate of drug-likeness (QED) is 0.935. The molecule has 0 bridgehead atoms. The fourth-order valence-electron chi connectivity index (χ4n) is 2.36. The molecular weight excluding hydrogens is 296 g/mol. The van der Waals surface area contributed by atoms with Crippen LogP contribution in [0.5, 0.6) is 0 Å². The summed E-state index contributed by atoms with van der Waals surface area (Å²) in [4.78, 5) is 16.6. The first-order valence-corrected chi connectivity index (χ1v) is 8.10. The molecule has 1 saturated carbocycles. The van der Waals surface area contributed by atoms with E-state index in [1.807, 2.05) is 11.8 Å². The molecule has 106 valence electrons. The largest absolute Gasteiger partial charge is 0.351 e. The van der Waals surface area contributed by atoms with Crippen molar-refractivity contribution in [2.24, 2.45) is 0 Å². The van der Waals surface area contributed by atoms with Gasteiger partial charge in [0.05, 0.1) is 0 Å². The lowest BCUT2D eigenvalue weighted by molar-refractivity contribution is 0.740. The lowest BCUT2D eigenvalue weighted by Crippen LogP contribution is -2.19. The zero-order valence-electron chi connectivity index (χ0n) is 11.0. The van der Waals surface area contributed by atoms with Crippen molar-refractivity contribution >= 4 is 29.3 Å². The van der Waals surface area contributed by atoms with E-state index in [9.17, 15) is 0 Å². The first kappa shape index (κ1) is 13.6. The first-order valence-electron chi connectivity index (χ1n) is 6.44. The van der Waals surface area contributed by atoms with Crippen LogP contribution < -0.4 is 5.32 Å². The molecule has 8 heteroatoms. The Morgan fingerprint density at radius 2 is 2.25 bits per heavy atom. The Kier molecular flexibility index (Phi) is 4.07. The summed E-state index contributed by atoms with van der Waals surface area (Å²) >= 11 is 7.89. The average Bonchev–Trinajstić information content (AvgIpc) is 3.09. The molecule has 0 aliphatic heterocycles. The predicted molar refractivity (Wildman–Crippen MR) is 80.5 cm³/mol. The number of imidazole rings is 1. The average molecular weight is 311 g/mol. The van der Waals surface area contributed by atoms with Gasteiger partial charge < -0.3 is 5.32 Å². The second-order valence-corrected chi connectivity index (χ2v) is 6.19. The van der Waals surface area contributed by atoms with Gasteiger partial charge in [0.1, 0.15) is 6.33 Å². The van der Waals surface area contributed by atoms with Crippen LogP contribution in [-0.4, -0.2) is 42.1 Å². The molecular formula is C12H15ClN6S. The van der Waals surface area contributed by atoms with Gasteiger partial charge >= 0.3 is 0 Å². The van der Waals surface area contributed by atoms with Gasteiger partial charge in [0.15, 0.2) is 0 Å². The number of thioether (sulfide) groups is 1. The summed E-state index contributed by atoms with van der Waals surface area (Å²) in [6.45, 7) is 0. The van der Waals surface area contributed by atoms with Crippen LogP contribution in [0.25, 0.3) is 5.95 Å². The molecule has 2 atom stereocenters. The summed E-state index contributed by atoms with van der Waals surface area (Å²) < 4.78 is 1.71. The van der Waals surface area contributed by atoms with Crippen LogP contribution in [0.3, 0.4) is 0 Å². The number of hydrogen-bond acceptors (Lipinski definition) is 6. The third-order valence-corrected chi connectivity index (χ3v) is 4.65. The van der Waals surface area contributed by atoms with Crippen molar-refractivity contribution in [2.75, 3.05) is 11.6 Å². The second-order valence-electron chi connectivity index (χ2n) is 4.71. The molecule has 1 N–H and O–H groups in total. The molecule has 1 aliphatic carbocycles. The Balaban J connectivity index is 1.77. The Bertz CT molecular complexity index is 575. The molecule has 3 rings (SSSR count). The molecule has 6 nitrogen and oxygen atoms in total. The van der Waals surface area contributed by atoms with E-state index in [1.165, 1.54) is 6.42 Å². The van der Waals surface area contributed by atoms with E-state index in [-0.39, 0.29) is 5.28 Å². The number of halogens is 1. The summed E-state index contributed by atoms with van der Waals surface area (Å²) in [7, 11) is 0. The topological polar surface area (TPSA) is 68.5 Å². The maximum Gasteiger partial charge on any atom is 0.241 e. The van der Waals surface area contributed by atoms with Crippen molar-refractivity contribution < 1.29 is 0 Å². The van der Waals surface area contributed by atoms with Gasteiger partial charge in [-0.25, -0.2) is 4.98 Å². The molecule has 2 unspecified atom stereocenters. The fourth-order valence-corrected chi connectivity index (χ4v) is 3.32. The lowest BCUT2D eigenvalue weighted by Gasteiger charge is -2.13. The minimum Gasteiger partial charge on any atom is -0.351 e. The number of nitrogens with zero attached hydrogens (tertiary/aromatic N) is 5. The normalized spacial score (nSPS) is 22.1. The number of hydrogen-bond donors (Lipinski definition) is 1. The molecule has 2 aromatic rings. The van der Waals surface area contributed by atoms with E-state index in [4.69, 9.17) is 11.6 Å². The number of nitrogens with one attached hydrogen (secondary N) is 1. The van der Waals surface area contributed by atoms with E-state index in [2.05, 4.69) is 31.5 Å². The van der Waals surface area contributed by atoms with Crippen molar-refractivity contribution in [1.82, 2.24) is 24.5 Å².